The monoisotopic (exact) mass is 222 g/mol. The Morgan fingerprint density at radius 3 is 2.36 bits per heavy atom. The fourth-order valence-corrected chi connectivity index (χ4v) is 1.38. The van der Waals surface area contributed by atoms with Gasteiger partial charge in [-0.25, -0.2) is 8.42 Å². The number of nitrogens with one attached hydrogen (secondary N) is 1. The number of thiol groups is 1. The van der Waals surface area contributed by atoms with E-state index in [0.29, 0.717) is 11.3 Å². The molecule has 0 amide bonds. The summed E-state index contributed by atoms with van der Waals surface area (Å²) in [5, 5.41) is 0. The van der Waals surface area contributed by atoms with Crippen LogP contribution in [0.5, 0.6) is 0 Å². The van der Waals surface area contributed by atoms with Crippen LogP contribution < -0.4 is 4.72 Å². The first-order valence-corrected chi connectivity index (χ1v) is 4.80. The van der Waals surface area contributed by atoms with Crippen LogP contribution in [0.4, 0.5) is 5.69 Å². The number of carbonyl (C=O) groups excluding carboxylic acids is 1. The zero-order valence-corrected chi connectivity index (χ0v) is 10.9. The van der Waals surface area contributed by atoms with Crippen LogP contribution in [0.2, 0.25) is 0 Å². The molecule has 0 aliphatic heterocycles. The first-order chi connectivity index (χ1) is 6.11. The van der Waals surface area contributed by atoms with Gasteiger partial charge in [0.25, 0.3) is 0 Å². The van der Waals surface area contributed by atoms with Gasteiger partial charge >= 0.3 is 0 Å². The summed E-state index contributed by atoms with van der Waals surface area (Å²) in [5.74, 6) is -0.167. The van der Waals surface area contributed by atoms with E-state index >= 15 is 0 Å². The Morgan fingerprint density at radius 1 is 1.29 bits per heavy atom. The SMILES string of the molecule is CC(=O)c1ccccc1N[SH](=O)=O.[Na]. The van der Waals surface area contributed by atoms with Crippen molar-refractivity contribution in [2.75, 3.05) is 4.72 Å². The molecule has 0 bridgehead atoms. The minimum absolute atomic E-state index is 0. The van der Waals surface area contributed by atoms with Gasteiger partial charge in [-0.15, -0.1) is 0 Å². The van der Waals surface area contributed by atoms with Crippen LogP contribution in [0.1, 0.15) is 17.3 Å². The van der Waals surface area contributed by atoms with E-state index in [2.05, 4.69) is 4.72 Å². The Hall–Kier alpha value is -0.360. The number of para-hydroxylation sites is 1. The first-order valence-electron chi connectivity index (χ1n) is 3.62. The summed E-state index contributed by atoms with van der Waals surface area (Å²) in [6.45, 7) is 1.39. The van der Waals surface area contributed by atoms with Crippen molar-refractivity contribution in [1.82, 2.24) is 0 Å². The predicted molar refractivity (Wildman–Crippen MR) is 56.1 cm³/mol. The van der Waals surface area contributed by atoms with E-state index in [9.17, 15) is 13.2 Å². The van der Waals surface area contributed by atoms with E-state index in [1.54, 1.807) is 24.3 Å². The summed E-state index contributed by atoms with van der Waals surface area (Å²) >= 11 is 0. The quantitative estimate of drug-likeness (QED) is 0.443. The molecule has 1 radical (unpaired) electrons. The van der Waals surface area contributed by atoms with Crippen molar-refractivity contribution in [1.29, 1.82) is 0 Å². The third-order valence-corrected chi connectivity index (χ3v) is 1.94. The normalized spacial score (nSPS) is 9.29. The van der Waals surface area contributed by atoms with Gasteiger partial charge in [0.15, 0.2) is 5.78 Å². The number of Topliss-reactive ketones (excluding diaryl/α,β-unsaturated/α-hetero) is 1. The Bertz CT molecular complexity index is 395. The van der Waals surface area contributed by atoms with E-state index < -0.39 is 10.9 Å². The molecule has 0 aliphatic carbocycles. The number of anilines is 1. The predicted octanol–water partition coefficient (Wildman–Crippen LogP) is 0.447. The summed E-state index contributed by atoms with van der Waals surface area (Å²) in [7, 11) is -2.72. The molecule has 14 heavy (non-hydrogen) atoms. The second-order valence-corrected chi connectivity index (χ2v) is 3.21. The van der Waals surface area contributed by atoms with Crippen LogP contribution >= 0.6 is 0 Å². The van der Waals surface area contributed by atoms with Crippen LogP contribution in [0.15, 0.2) is 24.3 Å². The van der Waals surface area contributed by atoms with E-state index in [4.69, 9.17) is 0 Å². The minimum Gasteiger partial charge on any atom is -0.294 e. The van der Waals surface area contributed by atoms with Crippen LogP contribution in [0, 0.1) is 0 Å². The van der Waals surface area contributed by atoms with Gasteiger partial charge in [0, 0.05) is 35.1 Å². The fraction of sp³-hybridized carbons (Fsp3) is 0.125. The maximum absolute atomic E-state index is 11.0. The van der Waals surface area contributed by atoms with Gasteiger partial charge in [-0.2, -0.15) is 0 Å². The van der Waals surface area contributed by atoms with Gasteiger partial charge in [-0.1, -0.05) is 12.1 Å². The smallest absolute Gasteiger partial charge is 0.222 e. The molecule has 1 aromatic rings. The summed E-state index contributed by atoms with van der Waals surface area (Å²) in [6.07, 6.45) is 0. The minimum atomic E-state index is -2.72. The third-order valence-electron chi connectivity index (χ3n) is 1.52. The molecule has 1 N–H and O–H groups in total. The molecule has 0 aliphatic rings. The molecule has 1 rings (SSSR count). The summed E-state index contributed by atoms with van der Waals surface area (Å²) in [4.78, 5) is 11.0. The van der Waals surface area contributed by atoms with Gasteiger partial charge in [-0.3, -0.25) is 9.52 Å². The zero-order chi connectivity index (χ0) is 9.84. The van der Waals surface area contributed by atoms with Gasteiger partial charge < -0.3 is 0 Å². The van der Waals surface area contributed by atoms with E-state index in [1.165, 1.54) is 6.92 Å². The molecule has 0 saturated heterocycles. The number of hydrogen-bond donors (Lipinski definition) is 2. The standard InChI is InChI=1S/C8H9NO3S.Na/c1-6(10)7-4-2-3-5-8(7)9-13(11)12;/h2-5,13H,1H3,(H,9,11,12);. The molecule has 71 valence electrons. The van der Waals surface area contributed by atoms with E-state index in [-0.39, 0.29) is 35.3 Å². The van der Waals surface area contributed by atoms with Gasteiger partial charge in [-0.05, 0) is 19.1 Å². The largest absolute Gasteiger partial charge is 0.294 e. The van der Waals surface area contributed by atoms with Crippen molar-refractivity contribution in [2.45, 2.75) is 6.92 Å². The van der Waals surface area contributed by atoms with Crippen LogP contribution in [0.3, 0.4) is 0 Å². The van der Waals surface area contributed by atoms with Gasteiger partial charge in [0.1, 0.15) is 0 Å². The Kier molecular flexibility index (Phi) is 6.03. The molecular formula is C8H9NNaO3S. The molecule has 0 spiro atoms. The second-order valence-electron chi connectivity index (χ2n) is 2.47. The maximum Gasteiger partial charge on any atom is 0.222 e. The maximum atomic E-state index is 11.0. The second kappa shape index (κ2) is 6.19. The van der Waals surface area contributed by atoms with Gasteiger partial charge in [0.05, 0.1) is 5.69 Å². The van der Waals surface area contributed by atoms with E-state index in [1.807, 2.05) is 0 Å². The molecule has 0 heterocycles. The van der Waals surface area contributed by atoms with E-state index in [0.717, 1.165) is 0 Å². The number of ketones is 1. The number of benzene rings is 1. The number of hydrogen-bond acceptors (Lipinski definition) is 3. The first kappa shape index (κ1) is 13.6. The Labute approximate surface area is 106 Å². The van der Waals surface area contributed by atoms with Crippen molar-refractivity contribution in [3.05, 3.63) is 29.8 Å². The molecule has 0 unspecified atom stereocenters. The summed E-state index contributed by atoms with van der Waals surface area (Å²) in [5.41, 5.74) is 0.702. The summed E-state index contributed by atoms with van der Waals surface area (Å²) < 4.78 is 22.9. The van der Waals surface area contributed by atoms with Crippen molar-refractivity contribution >= 4 is 51.9 Å². The van der Waals surface area contributed by atoms with Gasteiger partial charge in [0.2, 0.25) is 10.9 Å². The Balaban J connectivity index is 0.00000169. The molecule has 0 saturated carbocycles. The van der Waals surface area contributed by atoms with Crippen LogP contribution in [-0.4, -0.2) is 43.8 Å². The fourth-order valence-electron chi connectivity index (χ4n) is 0.986. The molecule has 0 fully saturated rings. The topological polar surface area (TPSA) is 63.2 Å². The zero-order valence-electron chi connectivity index (χ0n) is 7.98. The summed E-state index contributed by atoms with van der Waals surface area (Å²) in [6, 6.07) is 6.46. The van der Waals surface area contributed by atoms with Crippen molar-refractivity contribution in [3.63, 3.8) is 0 Å². The molecular weight excluding hydrogens is 213 g/mol. The third kappa shape index (κ3) is 3.79. The molecule has 4 nitrogen and oxygen atoms in total. The molecule has 1 aromatic carbocycles. The van der Waals surface area contributed by atoms with Crippen LogP contribution in [-0.2, 0) is 10.9 Å². The average Bonchev–Trinajstić information content (AvgIpc) is 2.03. The number of rotatable bonds is 3. The van der Waals surface area contributed by atoms with Crippen molar-refractivity contribution in [2.24, 2.45) is 0 Å². The van der Waals surface area contributed by atoms with Crippen molar-refractivity contribution in [3.8, 4) is 0 Å². The molecule has 0 aromatic heterocycles. The Morgan fingerprint density at radius 2 is 1.86 bits per heavy atom. The number of carbonyl (C=O) groups is 1. The average molecular weight is 222 g/mol. The van der Waals surface area contributed by atoms with Crippen LogP contribution in [0.25, 0.3) is 0 Å². The molecule has 0 atom stereocenters. The molecule has 6 heteroatoms. The van der Waals surface area contributed by atoms with Crippen molar-refractivity contribution < 1.29 is 13.2 Å².